The third kappa shape index (κ3) is 3.78. The number of pyridine rings is 1. The molecule has 2 aromatic rings. The van der Waals surface area contributed by atoms with Crippen molar-refractivity contribution in [1.82, 2.24) is 19.9 Å². The van der Waals surface area contributed by atoms with E-state index in [1.807, 2.05) is 4.90 Å². The van der Waals surface area contributed by atoms with E-state index in [1.54, 1.807) is 32.4 Å². The summed E-state index contributed by atoms with van der Waals surface area (Å²) >= 11 is 0. The van der Waals surface area contributed by atoms with Crippen LogP contribution in [0.3, 0.4) is 0 Å². The van der Waals surface area contributed by atoms with E-state index in [-0.39, 0.29) is 23.1 Å². The minimum atomic E-state index is -0.299. The molecule has 1 atom stereocenters. The Hall–Kier alpha value is -2.90. The highest BCUT2D eigenvalue weighted by atomic mass is 16.2. The third-order valence-corrected chi connectivity index (χ3v) is 4.30. The summed E-state index contributed by atoms with van der Waals surface area (Å²) in [5.41, 5.74) is 0.527. The molecule has 8 heteroatoms. The Balaban J connectivity index is 1.73. The standard InChI is InChI=1S/C17H21N5O3/c1-11-8-12(9-14(23)19-11)16(24)20-13-4-3-6-22(10-13)15-17(25)21(2)7-5-18-15/h5,7-9,13H,3-4,6,10H2,1-2H3,(H,19,23)(H,20,24)/t13-/m1/s1. The first-order valence-electron chi connectivity index (χ1n) is 8.22. The van der Waals surface area contributed by atoms with Gasteiger partial charge in [0.2, 0.25) is 5.56 Å². The van der Waals surface area contributed by atoms with Crippen LogP contribution in [0, 0.1) is 6.92 Å². The van der Waals surface area contributed by atoms with Crippen LogP contribution in [0.15, 0.2) is 34.1 Å². The molecule has 132 valence electrons. The molecule has 1 aliphatic rings. The van der Waals surface area contributed by atoms with E-state index in [0.717, 1.165) is 19.4 Å². The first-order valence-corrected chi connectivity index (χ1v) is 8.22. The number of H-pyrrole nitrogens is 1. The molecular formula is C17H21N5O3. The molecule has 2 N–H and O–H groups in total. The van der Waals surface area contributed by atoms with E-state index in [9.17, 15) is 14.4 Å². The molecule has 0 aliphatic carbocycles. The summed E-state index contributed by atoms with van der Waals surface area (Å²) in [4.78, 5) is 44.9. The summed E-state index contributed by atoms with van der Waals surface area (Å²) in [5, 5.41) is 2.95. The van der Waals surface area contributed by atoms with Crippen molar-refractivity contribution in [3.8, 4) is 0 Å². The third-order valence-electron chi connectivity index (χ3n) is 4.30. The average Bonchev–Trinajstić information content (AvgIpc) is 2.56. The highest BCUT2D eigenvalue weighted by molar-refractivity contribution is 5.94. The monoisotopic (exact) mass is 343 g/mol. The van der Waals surface area contributed by atoms with Gasteiger partial charge in [-0.05, 0) is 25.8 Å². The number of carbonyl (C=O) groups is 1. The fraction of sp³-hybridized carbons (Fsp3) is 0.412. The van der Waals surface area contributed by atoms with Crippen LogP contribution < -0.4 is 21.3 Å². The molecule has 2 aromatic heterocycles. The number of nitrogens with zero attached hydrogens (tertiary/aromatic N) is 3. The number of rotatable bonds is 3. The number of piperidine rings is 1. The molecule has 0 bridgehead atoms. The van der Waals surface area contributed by atoms with Gasteiger partial charge < -0.3 is 19.8 Å². The van der Waals surface area contributed by atoms with Gasteiger partial charge in [-0.25, -0.2) is 4.98 Å². The van der Waals surface area contributed by atoms with Gasteiger partial charge in [-0.3, -0.25) is 14.4 Å². The second kappa shape index (κ2) is 6.92. The summed E-state index contributed by atoms with van der Waals surface area (Å²) < 4.78 is 1.49. The van der Waals surface area contributed by atoms with E-state index >= 15 is 0 Å². The van der Waals surface area contributed by atoms with Gasteiger partial charge >= 0.3 is 0 Å². The fourth-order valence-corrected chi connectivity index (χ4v) is 3.07. The summed E-state index contributed by atoms with van der Waals surface area (Å²) in [5.74, 6) is 0.117. The van der Waals surface area contributed by atoms with Crippen molar-refractivity contribution < 1.29 is 4.79 Å². The molecule has 0 spiro atoms. The van der Waals surface area contributed by atoms with Gasteiger partial charge in [-0.1, -0.05) is 0 Å². The molecular weight excluding hydrogens is 322 g/mol. The van der Waals surface area contributed by atoms with Gasteiger partial charge in [0.25, 0.3) is 11.5 Å². The fourth-order valence-electron chi connectivity index (χ4n) is 3.07. The van der Waals surface area contributed by atoms with Crippen molar-refractivity contribution in [3.05, 3.63) is 56.5 Å². The zero-order chi connectivity index (χ0) is 18.0. The molecule has 0 saturated carbocycles. The number of anilines is 1. The Kier molecular flexibility index (Phi) is 4.69. The number of aromatic nitrogens is 3. The highest BCUT2D eigenvalue weighted by Crippen LogP contribution is 2.15. The molecule has 25 heavy (non-hydrogen) atoms. The minimum Gasteiger partial charge on any atom is -0.350 e. The van der Waals surface area contributed by atoms with E-state index in [2.05, 4.69) is 15.3 Å². The van der Waals surface area contributed by atoms with Gasteiger partial charge in [-0.15, -0.1) is 0 Å². The van der Waals surface area contributed by atoms with Crippen LogP contribution in [0.2, 0.25) is 0 Å². The molecule has 3 rings (SSSR count). The van der Waals surface area contributed by atoms with Crippen molar-refractivity contribution in [2.75, 3.05) is 18.0 Å². The largest absolute Gasteiger partial charge is 0.350 e. The van der Waals surface area contributed by atoms with Crippen LogP contribution in [0.4, 0.5) is 5.82 Å². The van der Waals surface area contributed by atoms with Crippen LogP contribution in [0.1, 0.15) is 28.9 Å². The second-order valence-electron chi connectivity index (χ2n) is 6.34. The lowest BCUT2D eigenvalue weighted by Gasteiger charge is -2.33. The molecule has 8 nitrogen and oxygen atoms in total. The zero-order valence-corrected chi connectivity index (χ0v) is 14.3. The van der Waals surface area contributed by atoms with Crippen molar-refractivity contribution in [2.45, 2.75) is 25.8 Å². The molecule has 0 radical (unpaired) electrons. The van der Waals surface area contributed by atoms with Crippen molar-refractivity contribution >= 4 is 11.7 Å². The van der Waals surface area contributed by atoms with Gasteiger partial charge in [-0.2, -0.15) is 0 Å². The van der Waals surface area contributed by atoms with Gasteiger partial charge in [0, 0.05) is 55.9 Å². The zero-order valence-electron chi connectivity index (χ0n) is 14.3. The number of hydrogen-bond donors (Lipinski definition) is 2. The average molecular weight is 343 g/mol. The lowest BCUT2D eigenvalue weighted by Crippen LogP contribution is -2.49. The number of carbonyl (C=O) groups excluding carboxylic acids is 1. The van der Waals surface area contributed by atoms with E-state index in [0.29, 0.717) is 23.6 Å². The number of hydrogen-bond acceptors (Lipinski definition) is 5. The second-order valence-corrected chi connectivity index (χ2v) is 6.34. The van der Waals surface area contributed by atoms with Crippen molar-refractivity contribution in [2.24, 2.45) is 7.05 Å². The maximum atomic E-state index is 12.4. The molecule has 1 fully saturated rings. The molecule has 1 saturated heterocycles. The van der Waals surface area contributed by atoms with E-state index in [1.165, 1.54) is 10.6 Å². The lowest BCUT2D eigenvalue weighted by molar-refractivity contribution is 0.0932. The predicted molar refractivity (Wildman–Crippen MR) is 94.0 cm³/mol. The van der Waals surface area contributed by atoms with Crippen LogP contribution in [0.5, 0.6) is 0 Å². The Morgan fingerprint density at radius 2 is 2.16 bits per heavy atom. The maximum Gasteiger partial charge on any atom is 0.293 e. The maximum absolute atomic E-state index is 12.4. The van der Waals surface area contributed by atoms with Gasteiger partial charge in [0.1, 0.15) is 0 Å². The molecule has 1 aliphatic heterocycles. The topological polar surface area (TPSA) is 100 Å². The SMILES string of the molecule is Cc1cc(C(=O)N[C@@H]2CCCN(c3nccn(C)c3=O)C2)cc(=O)[nH]1. The smallest absolute Gasteiger partial charge is 0.293 e. The van der Waals surface area contributed by atoms with Crippen molar-refractivity contribution in [3.63, 3.8) is 0 Å². The van der Waals surface area contributed by atoms with Crippen LogP contribution >= 0.6 is 0 Å². The molecule has 0 unspecified atom stereocenters. The van der Waals surface area contributed by atoms with Crippen molar-refractivity contribution in [1.29, 1.82) is 0 Å². The Morgan fingerprint density at radius 1 is 1.36 bits per heavy atom. The predicted octanol–water partition coefficient (Wildman–Crippen LogP) is 0.176. The van der Waals surface area contributed by atoms with Crippen LogP contribution in [-0.2, 0) is 7.05 Å². The lowest BCUT2D eigenvalue weighted by atomic mass is 10.0. The van der Waals surface area contributed by atoms with E-state index in [4.69, 9.17) is 0 Å². The highest BCUT2D eigenvalue weighted by Gasteiger charge is 2.24. The minimum absolute atomic E-state index is 0.104. The summed E-state index contributed by atoms with van der Waals surface area (Å²) in [7, 11) is 1.69. The Labute approximate surface area is 144 Å². The normalized spacial score (nSPS) is 17.4. The summed E-state index contributed by atoms with van der Waals surface area (Å²) in [6, 6.07) is 2.83. The first kappa shape index (κ1) is 16.9. The van der Waals surface area contributed by atoms with E-state index < -0.39 is 0 Å². The molecule has 1 amide bonds. The first-order chi connectivity index (χ1) is 11.9. The number of amides is 1. The van der Waals surface area contributed by atoms with Crippen LogP contribution in [-0.4, -0.2) is 39.6 Å². The van der Waals surface area contributed by atoms with Gasteiger partial charge in [0.05, 0.1) is 0 Å². The summed E-state index contributed by atoms with van der Waals surface area (Å²) in [6.07, 6.45) is 4.87. The van der Waals surface area contributed by atoms with Crippen LogP contribution in [0.25, 0.3) is 0 Å². The van der Waals surface area contributed by atoms with Gasteiger partial charge in [0.15, 0.2) is 5.82 Å². The Bertz CT molecular complexity index is 902. The quantitative estimate of drug-likeness (QED) is 0.828. The number of aryl methyl sites for hydroxylation is 2. The molecule has 3 heterocycles. The number of nitrogens with one attached hydrogen (secondary N) is 2. The Morgan fingerprint density at radius 3 is 2.92 bits per heavy atom. The summed E-state index contributed by atoms with van der Waals surface area (Å²) in [6.45, 7) is 2.97. The number of aromatic amines is 1. The molecule has 0 aromatic carbocycles.